The van der Waals surface area contributed by atoms with Crippen molar-refractivity contribution in [3.8, 4) is 5.75 Å². The van der Waals surface area contributed by atoms with Gasteiger partial charge >= 0.3 is 0 Å². The molecule has 8 heteroatoms. The molecule has 1 aliphatic rings. The molecular formula is C29H21F2NO5. The van der Waals surface area contributed by atoms with Gasteiger partial charge in [0.1, 0.15) is 29.9 Å². The lowest BCUT2D eigenvalue weighted by Gasteiger charge is -2.23. The van der Waals surface area contributed by atoms with Crippen LogP contribution in [-0.4, -0.2) is 16.8 Å². The molecule has 0 radical (unpaired) electrons. The van der Waals surface area contributed by atoms with E-state index < -0.39 is 35.1 Å². The van der Waals surface area contributed by atoms with Gasteiger partial charge in [0, 0.05) is 17.3 Å². The number of Topliss-reactive ketones (excluding diaryl/α,β-unsaturated/α-hetero) is 1. The maximum atomic E-state index is 14.0. The maximum absolute atomic E-state index is 14.0. The van der Waals surface area contributed by atoms with Crippen molar-refractivity contribution in [3.05, 3.63) is 125 Å². The van der Waals surface area contributed by atoms with E-state index in [1.54, 1.807) is 31.2 Å². The predicted molar refractivity (Wildman–Crippen MR) is 132 cm³/mol. The van der Waals surface area contributed by atoms with Gasteiger partial charge in [-0.15, -0.1) is 0 Å². The summed E-state index contributed by atoms with van der Waals surface area (Å²) in [5.74, 6) is -3.93. The Kier molecular flexibility index (Phi) is 6.31. The number of aliphatic hydroxyl groups is 1. The second kappa shape index (κ2) is 9.73. The molecule has 0 aliphatic carbocycles. The lowest BCUT2D eigenvalue weighted by Crippen LogP contribution is -2.29. The van der Waals surface area contributed by atoms with Gasteiger partial charge < -0.3 is 14.3 Å². The molecule has 37 heavy (non-hydrogen) atoms. The summed E-state index contributed by atoms with van der Waals surface area (Å²) in [6.07, 6.45) is 1.35. The highest BCUT2D eigenvalue weighted by molar-refractivity contribution is 6.51. The number of carbonyl (C=O) groups is 2. The zero-order chi connectivity index (χ0) is 26.1. The summed E-state index contributed by atoms with van der Waals surface area (Å²) in [7, 11) is 0. The summed E-state index contributed by atoms with van der Waals surface area (Å²) >= 11 is 0. The number of aliphatic hydroxyl groups excluding tert-OH is 1. The number of amides is 1. The third kappa shape index (κ3) is 4.49. The molecule has 1 aromatic heterocycles. The number of nitrogens with zero attached hydrogens (tertiary/aromatic N) is 1. The largest absolute Gasteiger partial charge is 0.507 e. The Morgan fingerprint density at radius 1 is 0.973 bits per heavy atom. The summed E-state index contributed by atoms with van der Waals surface area (Å²) in [6.45, 7) is 2.14. The number of ether oxygens (including phenoxy) is 1. The van der Waals surface area contributed by atoms with Crippen LogP contribution in [0, 0.1) is 18.6 Å². The average molecular weight is 501 g/mol. The van der Waals surface area contributed by atoms with Crippen LogP contribution in [0.5, 0.6) is 5.75 Å². The minimum absolute atomic E-state index is 0.0534. The van der Waals surface area contributed by atoms with Gasteiger partial charge in [0.2, 0.25) is 0 Å². The molecule has 186 valence electrons. The van der Waals surface area contributed by atoms with E-state index in [-0.39, 0.29) is 22.6 Å². The molecule has 3 aromatic carbocycles. The highest BCUT2D eigenvalue weighted by Gasteiger charge is 2.48. The molecule has 1 fully saturated rings. The van der Waals surface area contributed by atoms with Crippen LogP contribution in [0.2, 0.25) is 0 Å². The standard InChI is InChI=1S/C29H21F2NO5/c1-17-14-19(9-12-23(17)37-16-18-6-3-2-4-7-18)27(33)25-26(24-8-5-13-36-24)32(29(35)28(25)34)20-10-11-21(30)22(31)15-20/h2-15,26,33H,16H2,1H3/b27-25-. The Morgan fingerprint density at radius 2 is 1.76 bits per heavy atom. The molecule has 6 nitrogen and oxygen atoms in total. The fourth-order valence-corrected chi connectivity index (χ4v) is 4.30. The van der Waals surface area contributed by atoms with Gasteiger partial charge in [-0.25, -0.2) is 8.78 Å². The van der Waals surface area contributed by atoms with Gasteiger partial charge in [-0.2, -0.15) is 0 Å². The number of halogens is 2. The first-order valence-electron chi connectivity index (χ1n) is 11.4. The SMILES string of the molecule is Cc1cc(/C(O)=C2/C(=O)C(=O)N(c3ccc(F)c(F)c3)C2c2ccco2)ccc1OCc1ccccc1. The zero-order valence-corrected chi connectivity index (χ0v) is 19.7. The van der Waals surface area contributed by atoms with Gasteiger partial charge in [0.05, 0.1) is 11.8 Å². The smallest absolute Gasteiger partial charge is 0.300 e. The van der Waals surface area contributed by atoms with Crippen LogP contribution >= 0.6 is 0 Å². The van der Waals surface area contributed by atoms with E-state index in [1.807, 2.05) is 30.3 Å². The Hall–Kier alpha value is -4.72. The fraction of sp³-hybridized carbons (Fsp3) is 0.103. The van der Waals surface area contributed by atoms with Gasteiger partial charge in [0.25, 0.3) is 11.7 Å². The second-order valence-corrected chi connectivity index (χ2v) is 8.54. The van der Waals surface area contributed by atoms with Gasteiger partial charge in [-0.05, 0) is 60.5 Å². The Bertz CT molecular complexity index is 1510. The molecule has 4 aromatic rings. The third-order valence-corrected chi connectivity index (χ3v) is 6.12. The molecule has 1 saturated heterocycles. The van der Waals surface area contributed by atoms with Crippen molar-refractivity contribution in [1.82, 2.24) is 0 Å². The Labute approximate surface area is 211 Å². The molecule has 1 atom stereocenters. The number of hydrogen-bond acceptors (Lipinski definition) is 5. The van der Waals surface area contributed by atoms with E-state index in [2.05, 4.69) is 0 Å². The molecule has 0 bridgehead atoms. The number of hydrogen-bond donors (Lipinski definition) is 1. The lowest BCUT2D eigenvalue weighted by atomic mass is 9.98. The van der Waals surface area contributed by atoms with Crippen molar-refractivity contribution in [1.29, 1.82) is 0 Å². The summed E-state index contributed by atoms with van der Waals surface area (Å²) < 4.78 is 38.9. The minimum atomic E-state index is -1.19. The van der Waals surface area contributed by atoms with E-state index in [9.17, 15) is 23.5 Å². The lowest BCUT2D eigenvalue weighted by molar-refractivity contribution is -0.132. The monoisotopic (exact) mass is 501 g/mol. The molecule has 0 spiro atoms. The van der Waals surface area contributed by atoms with Crippen molar-refractivity contribution in [2.75, 3.05) is 4.90 Å². The van der Waals surface area contributed by atoms with Crippen LogP contribution in [0.1, 0.15) is 28.5 Å². The van der Waals surface area contributed by atoms with Crippen molar-refractivity contribution in [2.24, 2.45) is 0 Å². The van der Waals surface area contributed by atoms with E-state index in [1.165, 1.54) is 18.4 Å². The molecule has 5 rings (SSSR count). The van der Waals surface area contributed by atoms with Crippen LogP contribution in [-0.2, 0) is 16.2 Å². The molecular weight excluding hydrogens is 480 g/mol. The number of anilines is 1. The summed E-state index contributed by atoms with van der Waals surface area (Å²) in [5, 5.41) is 11.2. The van der Waals surface area contributed by atoms with E-state index in [0.717, 1.165) is 22.6 Å². The van der Waals surface area contributed by atoms with E-state index >= 15 is 0 Å². The average Bonchev–Trinajstić information content (AvgIpc) is 3.52. The molecule has 1 N–H and O–H groups in total. The number of rotatable bonds is 6. The second-order valence-electron chi connectivity index (χ2n) is 8.54. The number of ketones is 1. The first-order valence-corrected chi connectivity index (χ1v) is 11.4. The van der Waals surface area contributed by atoms with Crippen LogP contribution in [0.25, 0.3) is 5.76 Å². The summed E-state index contributed by atoms with van der Waals surface area (Å²) in [4.78, 5) is 27.2. The summed E-state index contributed by atoms with van der Waals surface area (Å²) in [5.41, 5.74) is 1.68. The zero-order valence-electron chi connectivity index (χ0n) is 19.7. The van der Waals surface area contributed by atoms with Gasteiger partial charge in [-0.1, -0.05) is 30.3 Å². The fourth-order valence-electron chi connectivity index (χ4n) is 4.30. The van der Waals surface area contributed by atoms with Crippen LogP contribution in [0.4, 0.5) is 14.5 Å². The van der Waals surface area contributed by atoms with Crippen molar-refractivity contribution in [2.45, 2.75) is 19.6 Å². The van der Waals surface area contributed by atoms with E-state index in [0.29, 0.717) is 17.9 Å². The number of furan rings is 1. The molecule has 1 amide bonds. The predicted octanol–water partition coefficient (Wildman–Crippen LogP) is 6.07. The highest BCUT2D eigenvalue weighted by atomic mass is 19.2. The number of aryl methyl sites for hydroxylation is 1. The molecule has 2 heterocycles. The van der Waals surface area contributed by atoms with Crippen molar-refractivity contribution >= 4 is 23.1 Å². The van der Waals surface area contributed by atoms with Crippen LogP contribution < -0.4 is 9.64 Å². The van der Waals surface area contributed by atoms with Crippen molar-refractivity contribution < 1.29 is 32.6 Å². The minimum Gasteiger partial charge on any atom is -0.507 e. The maximum Gasteiger partial charge on any atom is 0.300 e. The normalized spacial score (nSPS) is 16.8. The van der Waals surface area contributed by atoms with Crippen LogP contribution in [0.15, 0.2) is 95.1 Å². The molecule has 1 aliphatic heterocycles. The summed E-state index contributed by atoms with van der Waals surface area (Å²) in [6, 6.07) is 19.3. The first-order chi connectivity index (χ1) is 17.8. The number of benzene rings is 3. The first kappa shape index (κ1) is 24.0. The topological polar surface area (TPSA) is 80.0 Å². The Balaban J connectivity index is 1.53. The quantitative estimate of drug-likeness (QED) is 0.197. The van der Waals surface area contributed by atoms with Crippen LogP contribution in [0.3, 0.4) is 0 Å². The molecule has 1 unspecified atom stereocenters. The molecule has 0 saturated carbocycles. The van der Waals surface area contributed by atoms with Crippen molar-refractivity contribution in [3.63, 3.8) is 0 Å². The van der Waals surface area contributed by atoms with Gasteiger partial charge in [0.15, 0.2) is 11.6 Å². The highest BCUT2D eigenvalue weighted by Crippen LogP contribution is 2.42. The third-order valence-electron chi connectivity index (χ3n) is 6.12. The van der Waals surface area contributed by atoms with Gasteiger partial charge in [-0.3, -0.25) is 14.5 Å². The van der Waals surface area contributed by atoms with E-state index in [4.69, 9.17) is 9.15 Å². The number of carbonyl (C=O) groups excluding carboxylic acids is 2. The Morgan fingerprint density at radius 3 is 2.43 bits per heavy atom.